The van der Waals surface area contributed by atoms with Crippen molar-refractivity contribution in [2.45, 2.75) is 26.8 Å². The molecule has 0 bridgehead atoms. The Labute approximate surface area is 172 Å². The molecule has 3 aromatic rings. The van der Waals surface area contributed by atoms with Gasteiger partial charge in [0.2, 0.25) is 10.0 Å². The maximum atomic E-state index is 14.7. The first-order valence-corrected chi connectivity index (χ1v) is 10.6. The number of hydrogen-bond donors (Lipinski definition) is 3. The molecule has 30 heavy (non-hydrogen) atoms. The summed E-state index contributed by atoms with van der Waals surface area (Å²) in [6.07, 6.45) is 2.54. The van der Waals surface area contributed by atoms with Crippen molar-refractivity contribution in [3.63, 3.8) is 0 Å². The minimum atomic E-state index is -3.86. The number of primary sulfonamides is 1. The van der Waals surface area contributed by atoms with Crippen LogP contribution in [-0.2, 0) is 10.0 Å². The van der Waals surface area contributed by atoms with Crippen LogP contribution in [0.4, 0.5) is 14.6 Å². The molecule has 0 amide bonds. The van der Waals surface area contributed by atoms with Crippen LogP contribution in [0.5, 0.6) is 0 Å². The Morgan fingerprint density at radius 2 is 2.03 bits per heavy atom. The molecule has 3 aromatic heterocycles. The maximum absolute atomic E-state index is 14.7. The molecule has 0 spiro atoms. The van der Waals surface area contributed by atoms with E-state index in [0.29, 0.717) is 16.6 Å². The number of anilines is 1. The third-order valence-corrected chi connectivity index (χ3v) is 5.40. The van der Waals surface area contributed by atoms with E-state index in [1.54, 1.807) is 20.8 Å². The second-order valence-corrected chi connectivity index (χ2v) is 9.63. The van der Waals surface area contributed by atoms with Crippen molar-refractivity contribution in [1.29, 1.82) is 5.26 Å². The summed E-state index contributed by atoms with van der Waals surface area (Å²) in [5, 5.41) is 17.8. The van der Waals surface area contributed by atoms with Gasteiger partial charge in [-0.2, -0.15) is 5.26 Å². The number of nitrogens with zero attached hydrogens (tertiary/aromatic N) is 3. The summed E-state index contributed by atoms with van der Waals surface area (Å²) in [5.41, 5.74) is 0.154. The molecule has 0 radical (unpaired) electrons. The molecule has 0 aliphatic heterocycles. The number of hydrogen-bond acceptors (Lipinski definition) is 6. The Kier molecular flexibility index (Phi) is 5.49. The fourth-order valence-corrected chi connectivity index (χ4v) is 4.01. The van der Waals surface area contributed by atoms with Crippen LogP contribution in [0.25, 0.3) is 22.3 Å². The molecule has 11 heteroatoms. The summed E-state index contributed by atoms with van der Waals surface area (Å²) < 4.78 is 51.6. The van der Waals surface area contributed by atoms with Crippen LogP contribution in [0.2, 0.25) is 0 Å². The number of nitriles is 1. The number of H-pyrrole nitrogens is 1. The first-order chi connectivity index (χ1) is 13.9. The quantitative estimate of drug-likeness (QED) is 0.565. The molecule has 0 aliphatic carbocycles. The van der Waals surface area contributed by atoms with E-state index in [1.807, 2.05) is 6.07 Å². The molecule has 0 aliphatic rings. The lowest BCUT2D eigenvalue weighted by molar-refractivity contribution is 0.358. The number of sulfonamides is 1. The van der Waals surface area contributed by atoms with E-state index >= 15 is 0 Å². The number of nitrogens with two attached hydrogens (primary N) is 1. The fourth-order valence-electron chi connectivity index (χ4n) is 2.96. The van der Waals surface area contributed by atoms with Gasteiger partial charge >= 0.3 is 0 Å². The third-order valence-electron chi connectivity index (χ3n) is 4.60. The largest absolute Gasteiger partial charge is 0.363 e. The van der Waals surface area contributed by atoms with Gasteiger partial charge in [0.25, 0.3) is 0 Å². The molecule has 4 N–H and O–H groups in total. The van der Waals surface area contributed by atoms with E-state index in [2.05, 4.69) is 20.3 Å². The summed E-state index contributed by atoms with van der Waals surface area (Å²) in [4.78, 5) is 11.0. The molecule has 0 unspecified atom stereocenters. The fraction of sp³-hybridized carbons (Fsp3) is 0.316. The summed E-state index contributed by atoms with van der Waals surface area (Å²) in [6, 6.07) is 3.33. The molecule has 3 heterocycles. The van der Waals surface area contributed by atoms with Crippen LogP contribution in [0.1, 0.15) is 26.3 Å². The third kappa shape index (κ3) is 4.55. The zero-order valence-corrected chi connectivity index (χ0v) is 17.3. The van der Waals surface area contributed by atoms with E-state index in [1.165, 1.54) is 12.3 Å². The first-order valence-electron chi connectivity index (χ1n) is 8.89. The van der Waals surface area contributed by atoms with E-state index in [0.717, 1.165) is 12.3 Å². The number of halogens is 2. The topological polar surface area (TPSA) is 138 Å². The van der Waals surface area contributed by atoms with E-state index in [4.69, 9.17) is 5.14 Å². The highest BCUT2D eigenvalue weighted by atomic mass is 32.2. The Hall–Kier alpha value is -3.10. The zero-order valence-electron chi connectivity index (χ0n) is 16.5. The van der Waals surface area contributed by atoms with Gasteiger partial charge < -0.3 is 10.3 Å². The SMILES string of the molecule is CC(C)(C)[C@@H](CS(N)(=O)=O)Nc1nc(-c2c[nH]c3ncc(F)cc23)c(C#N)cc1F. The normalized spacial score (nSPS) is 13.2. The van der Waals surface area contributed by atoms with Crippen molar-refractivity contribution in [1.82, 2.24) is 15.0 Å². The van der Waals surface area contributed by atoms with Gasteiger partial charge in [0.1, 0.15) is 17.5 Å². The maximum Gasteiger partial charge on any atom is 0.211 e. The Morgan fingerprint density at radius 1 is 1.33 bits per heavy atom. The number of rotatable bonds is 5. The Morgan fingerprint density at radius 3 is 2.63 bits per heavy atom. The highest BCUT2D eigenvalue weighted by Gasteiger charge is 2.30. The molecule has 0 saturated carbocycles. The second kappa shape index (κ2) is 7.62. The molecule has 0 saturated heterocycles. The average Bonchev–Trinajstić information content (AvgIpc) is 3.03. The number of fused-ring (bicyclic) bond motifs is 1. The summed E-state index contributed by atoms with van der Waals surface area (Å²) in [6.45, 7) is 5.31. The highest BCUT2D eigenvalue weighted by molar-refractivity contribution is 7.89. The van der Waals surface area contributed by atoms with Gasteiger partial charge in [-0.3, -0.25) is 0 Å². The van der Waals surface area contributed by atoms with Crippen molar-refractivity contribution < 1.29 is 17.2 Å². The molecule has 3 rings (SSSR count). The van der Waals surface area contributed by atoms with Gasteiger partial charge in [0.15, 0.2) is 11.6 Å². The Balaban J connectivity index is 2.14. The number of aromatic amines is 1. The van der Waals surface area contributed by atoms with Crippen molar-refractivity contribution in [3.05, 3.63) is 41.7 Å². The standard InChI is InChI=1S/C19H20F2N6O2S/c1-19(2,3)15(9-30(23,28)29)26-18-14(21)4-10(6-22)16(27-18)13-8-25-17-12(13)5-11(20)7-24-17/h4-5,7-8,15H,9H2,1-3H3,(H,24,25)(H,26,27)(H2,23,28,29)/t15-/m1/s1. The van der Waals surface area contributed by atoms with Gasteiger partial charge in [-0.15, -0.1) is 0 Å². The highest BCUT2D eigenvalue weighted by Crippen LogP contribution is 2.32. The number of aromatic nitrogens is 3. The minimum absolute atomic E-state index is 0.0676. The molecule has 8 nitrogen and oxygen atoms in total. The van der Waals surface area contributed by atoms with Gasteiger partial charge in [0, 0.05) is 23.2 Å². The predicted molar refractivity (Wildman–Crippen MR) is 109 cm³/mol. The summed E-state index contributed by atoms with van der Waals surface area (Å²) in [5.74, 6) is -2.10. The predicted octanol–water partition coefficient (Wildman–Crippen LogP) is 2.89. The van der Waals surface area contributed by atoms with Crippen LogP contribution in [-0.4, -0.2) is 35.2 Å². The lowest BCUT2D eigenvalue weighted by Crippen LogP contribution is -2.42. The summed E-state index contributed by atoms with van der Waals surface area (Å²) >= 11 is 0. The van der Waals surface area contributed by atoms with Gasteiger partial charge in [-0.25, -0.2) is 32.3 Å². The van der Waals surface area contributed by atoms with Crippen LogP contribution < -0.4 is 10.5 Å². The van der Waals surface area contributed by atoms with Crippen LogP contribution in [0.3, 0.4) is 0 Å². The average molecular weight is 434 g/mol. The van der Waals surface area contributed by atoms with E-state index < -0.39 is 38.9 Å². The van der Waals surface area contributed by atoms with Gasteiger partial charge in [0.05, 0.1) is 23.2 Å². The molecule has 0 fully saturated rings. The van der Waals surface area contributed by atoms with Crippen molar-refractivity contribution in [2.75, 3.05) is 11.1 Å². The monoisotopic (exact) mass is 434 g/mol. The first kappa shape index (κ1) is 21.6. The second-order valence-electron chi connectivity index (χ2n) is 7.97. The molecule has 158 valence electrons. The molecular formula is C19H20F2N6O2S. The minimum Gasteiger partial charge on any atom is -0.363 e. The Bertz CT molecular complexity index is 1260. The van der Waals surface area contributed by atoms with Crippen molar-refractivity contribution in [3.8, 4) is 17.3 Å². The van der Waals surface area contributed by atoms with Crippen molar-refractivity contribution >= 4 is 26.9 Å². The smallest absolute Gasteiger partial charge is 0.211 e. The lowest BCUT2D eigenvalue weighted by atomic mass is 9.88. The molecule has 1 atom stereocenters. The van der Waals surface area contributed by atoms with Gasteiger partial charge in [-0.05, 0) is 17.5 Å². The van der Waals surface area contributed by atoms with Gasteiger partial charge in [-0.1, -0.05) is 20.8 Å². The van der Waals surface area contributed by atoms with Crippen molar-refractivity contribution in [2.24, 2.45) is 10.6 Å². The molecular weight excluding hydrogens is 414 g/mol. The van der Waals surface area contributed by atoms with Crippen LogP contribution in [0.15, 0.2) is 24.5 Å². The number of nitrogens with one attached hydrogen (secondary N) is 2. The zero-order chi connectivity index (χ0) is 22.3. The van der Waals surface area contributed by atoms with Crippen LogP contribution in [0, 0.1) is 28.4 Å². The lowest BCUT2D eigenvalue weighted by Gasteiger charge is -2.31. The van der Waals surface area contributed by atoms with E-state index in [-0.39, 0.29) is 17.1 Å². The van der Waals surface area contributed by atoms with E-state index in [9.17, 15) is 22.5 Å². The van der Waals surface area contributed by atoms with Crippen LogP contribution >= 0.6 is 0 Å². The number of pyridine rings is 2. The molecule has 0 aromatic carbocycles. The summed E-state index contributed by atoms with van der Waals surface area (Å²) in [7, 11) is -3.86.